The summed E-state index contributed by atoms with van der Waals surface area (Å²) in [6.45, 7) is 3.07. The number of aromatic hydroxyl groups is 1. The van der Waals surface area contributed by atoms with Crippen LogP contribution in [0.3, 0.4) is 0 Å². The Kier molecular flexibility index (Phi) is 8.81. The van der Waals surface area contributed by atoms with Crippen LogP contribution >= 0.6 is 35.0 Å². The monoisotopic (exact) mass is 536 g/mol. The molecule has 7 heteroatoms. The number of aryl methyl sites for hydroxylation is 1. The normalized spacial score (nSPS) is 11.4. The van der Waals surface area contributed by atoms with Gasteiger partial charge in [0.2, 0.25) is 0 Å². The number of rotatable bonds is 7. The molecule has 0 amide bonds. The highest BCUT2D eigenvalue weighted by Crippen LogP contribution is 2.33. The molecule has 0 aliphatic rings. The van der Waals surface area contributed by atoms with Crippen LogP contribution in [0.2, 0.25) is 10.0 Å². The molecular weight excluding hydrogens is 511 g/mol. The highest BCUT2D eigenvalue weighted by molar-refractivity contribution is 8.13. The van der Waals surface area contributed by atoms with Gasteiger partial charge in [0, 0.05) is 18.0 Å². The molecule has 36 heavy (non-hydrogen) atoms. The highest BCUT2D eigenvalue weighted by Gasteiger charge is 2.17. The van der Waals surface area contributed by atoms with Crippen LogP contribution < -0.4 is 4.74 Å². The summed E-state index contributed by atoms with van der Waals surface area (Å²) in [4.78, 5) is 8.31. The van der Waals surface area contributed by atoms with Crippen LogP contribution in [-0.4, -0.2) is 22.3 Å². The van der Waals surface area contributed by atoms with Crippen molar-refractivity contribution in [2.24, 2.45) is 4.99 Å². The van der Waals surface area contributed by atoms with Crippen LogP contribution in [0, 0.1) is 6.92 Å². The molecule has 0 spiro atoms. The van der Waals surface area contributed by atoms with Crippen molar-refractivity contribution in [3.63, 3.8) is 0 Å². The third-order valence-corrected chi connectivity index (χ3v) is 7.19. The van der Waals surface area contributed by atoms with E-state index in [2.05, 4.69) is 17.0 Å². The SMILES string of the molecule is COc1ccc(C)cc1N=C(Sc1ccccc1)N(Cc1cccc(O)c1)Cc1ccc(Cl)c(Cl)c1. The van der Waals surface area contributed by atoms with E-state index in [1.54, 1.807) is 37.1 Å². The summed E-state index contributed by atoms with van der Waals surface area (Å²) in [5.74, 6) is 0.912. The Labute approximate surface area is 226 Å². The van der Waals surface area contributed by atoms with Crippen molar-refractivity contribution in [3.05, 3.63) is 118 Å². The van der Waals surface area contributed by atoms with Crippen molar-refractivity contribution in [1.29, 1.82) is 0 Å². The van der Waals surface area contributed by atoms with E-state index in [-0.39, 0.29) is 5.75 Å². The fourth-order valence-electron chi connectivity index (χ4n) is 3.67. The van der Waals surface area contributed by atoms with Gasteiger partial charge in [-0.1, -0.05) is 77.4 Å². The van der Waals surface area contributed by atoms with Crippen LogP contribution in [0.5, 0.6) is 11.5 Å². The fourth-order valence-corrected chi connectivity index (χ4v) is 4.89. The molecule has 0 bridgehead atoms. The molecule has 0 unspecified atom stereocenters. The largest absolute Gasteiger partial charge is 0.508 e. The predicted octanol–water partition coefficient (Wildman–Crippen LogP) is 8.50. The van der Waals surface area contributed by atoms with Crippen LogP contribution in [0.25, 0.3) is 0 Å². The number of hydrogen-bond donors (Lipinski definition) is 1. The maximum absolute atomic E-state index is 10.1. The lowest BCUT2D eigenvalue weighted by atomic mass is 10.1. The number of thioether (sulfide) groups is 1. The van der Waals surface area contributed by atoms with Crippen molar-refractivity contribution in [3.8, 4) is 11.5 Å². The van der Waals surface area contributed by atoms with E-state index in [0.717, 1.165) is 32.4 Å². The summed E-state index contributed by atoms with van der Waals surface area (Å²) in [5.41, 5.74) is 3.77. The van der Waals surface area contributed by atoms with E-state index in [9.17, 15) is 5.11 Å². The van der Waals surface area contributed by atoms with Gasteiger partial charge in [0.25, 0.3) is 0 Å². The first-order chi connectivity index (χ1) is 17.4. The van der Waals surface area contributed by atoms with E-state index in [1.807, 2.05) is 67.6 Å². The number of phenolic OH excluding ortho intramolecular Hbond substituents is 1. The standard InChI is InChI=1S/C29H26Cl2N2O2S/c1-20-11-14-28(35-2)27(15-20)32-29(36-24-9-4-3-5-10-24)33(18-21-7-6-8-23(34)16-21)19-22-12-13-25(30)26(31)17-22/h3-17,34H,18-19H2,1-2H3. The topological polar surface area (TPSA) is 45.1 Å². The summed E-state index contributed by atoms with van der Waals surface area (Å²) < 4.78 is 5.61. The Morgan fingerprint density at radius 3 is 2.31 bits per heavy atom. The van der Waals surface area contributed by atoms with Gasteiger partial charge in [0.15, 0.2) is 5.17 Å². The van der Waals surface area contributed by atoms with Crippen LogP contribution in [0.15, 0.2) is 101 Å². The minimum absolute atomic E-state index is 0.219. The van der Waals surface area contributed by atoms with Gasteiger partial charge in [0.05, 0.1) is 17.2 Å². The van der Waals surface area contributed by atoms with Crippen molar-refractivity contribution in [2.75, 3.05) is 7.11 Å². The van der Waals surface area contributed by atoms with E-state index in [4.69, 9.17) is 32.9 Å². The van der Waals surface area contributed by atoms with Gasteiger partial charge in [0.1, 0.15) is 17.2 Å². The van der Waals surface area contributed by atoms with Gasteiger partial charge in [-0.25, -0.2) is 4.99 Å². The number of aliphatic imine (C=N–C) groups is 1. The molecule has 4 aromatic rings. The molecule has 0 aliphatic heterocycles. The summed E-state index contributed by atoms with van der Waals surface area (Å²) in [7, 11) is 1.65. The minimum atomic E-state index is 0.219. The number of hydrogen-bond acceptors (Lipinski definition) is 4. The molecule has 0 aliphatic carbocycles. The quantitative estimate of drug-likeness (QED) is 0.146. The maximum atomic E-state index is 10.1. The molecule has 0 atom stereocenters. The first-order valence-corrected chi connectivity index (χ1v) is 12.9. The first kappa shape index (κ1) is 26.0. The Balaban J connectivity index is 1.82. The summed E-state index contributed by atoms with van der Waals surface area (Å²) >= 11 is 14.1. The number of nitrogens with zero attached hydrogens (tertiary/aromatic N) is 2. The minimum Gasteiger partial charge on any atom is -0.508 e. The van der Waals surface area contributed by atoms with Crippen LogP contribution in [0.1, 0.15) is 16.7 Å². The number of benzene rings is 4. The van der Waals surface area contributed by atoms with Gasteiger partial charge >= 0.3 is 0 Å². The molecule has 184 valence electrons. The molecule has 0 aromatic heterocycles. The zero-order valence-electron chi connectivity index (χ0n) is 20.0. The molecule has 0 heterocycles. The second-order valence-corrected chi connectivity index (χ2v) is 10.1. The van der Waals surface area contributed by atoms with Gasteiger partial charge in [-0.2, -0.15) is 0 Å². The van der Waals surface area contributed by atoms with Gasteiger partial charge in [-0.15, -0.1) is 0 Å². The van der Waals surface area contributed by atoms with Crippen molar-refractivity contribution >= 4 is 45.8 Å². The average molecular weight is 538 g/mol. The zero-order chi connectivity index (χ0) is 25.5. The van der Waals surface area contributed by atoms with E-state index in [0.29, 0.717) is 28.9 Å². The summed E-state index contributed by atoms with van der Waals surface area (Å²) in [6, 6.07) is 28.9. The third-order valence-electron chi connectivity index (χ3n) is 5.41. The molecule has 0 saturated heterocycles. The number of ether oxygens (including phenoxy) is 1. The van der Waals surface area contributed by atoms with Crippen LogP contribution in [0.4, 0.5) is 5.69 Å². The second-order valence-electron chi connectivity index (χ2n) is 8.26. The lowest BCUT2D eigenvalue weighted by Crippen LogP contribution is -2.28. The molecule has 4 aromatic carbocycles. The number of amidine groups is 1. The smallest absolute Gasteiger partial charge is 0.170 e. The highest BCUT2D eigenvalue weighted by atomic mass is 35.5. The van der Waals surface area contributed by atoms with Crippen molar-refractivity contribution in [2.45, 2.75) is 24.9 Å². The van der Waals surface area contributed by atoms with E-state index in [1.165, 1.54) is 0 Å². The maximum Gasteiger partial charge on any atom is 0.170 e. The van der Waals surface area contributed by atoms with E-state index >= 15 is 0 Å². The zero-order valence-corrected chi connectivity index (χ0v) is 22.3. The van der Waals surface area contributed by atoms with Gasteiger partial charge in [-0.05, 0) is 72.1 Å². The Morgan fingerprint density at radius 2 is 1.61 bits per heavy atom. The molecule has 0 saturated carbocycles. The summed E-state index contributed by atoms with van der Waals surface area (Å²) in [6.07, 6.45) is 0. The molecule has 0 radical (unpaired) electrons. The number of phenols is 1. The summed E-state index contributed by atoms with van der Waals surface area (Å²) in [5, 5.41) is 11.9. The second kappa shape index (κ2) is 12.2. The lowest BCUT2D eigenvalue weighted by molar-refractivity contribution is 0.409. The van der Waals surface area contributed by atoms with Crippen LogP contribution in [-0.2, 0) is 13.1 Å². The van der Waals surface area contributed by atoms with Crippen molar-refractivity contribution in [1.82, 2.24) is 4.90 Å². The lowest BCUT2D eigenvalue weighted by Gasteiger charge is -2.27. The number of halogens is 2. The average Bonchev–Trinajstić information content (AvgIpc) is 2.86. The van der Waals surface area contributed by atoms with Crippen molar-refractivity contribution < 1.29 is 9.84 Å². The van der Waals surface area contributed by atoms with Gasteiger partial charge in [-0.3, -0.25) is 0 Å². The molecule has 1 N–H and O–H groups in total. The molecule has 0 fully saturated rings. The fraction of sp³-hybridized carbons (Fsp3) is 0.138. The molecule has 4 nitrogen and oxygen atoms in total. The molecular formula is C29H26Cl2N2O2S. The Morgan fingerprint density at radius 1 is 0.861 bits per heavy atom. The Bertz CT molecular complexity index is 1360. The molecule has 4 rings (SSSR count). The first-order valence-electron chi connectivity index (χ1n) is 11.3. The van der Waals surface area contributed by atoms with E-state index < -0.39 is 0 Å². The third kappa shape index (κ3) is 6.97. The Hall–Kier alpha value is -3.12. The predicted molar refractivity (Wildman–Crippen MR) is 151 cm³/mol. The number of methoxy groups -OCH3 is 1. The van der Waals surface area contributed by atoms with Gasteiger partial charge < -0.3 is 14.7 Å².